The Morgan fingerprint density at radius 3 is 2.50 bits per heavy atom. The summed E-state index contributed by atoms with van der Waals surface area (Å²) in [5.41, 5.74) is 6.06. The van der Waals surface area contributed by atoms with Gasteiger partial charge in [0.05, 0.1) is 0 Å². The summed E-state index contributed by atoms with van der Waals surface area (Å²) in [6.45, 7) is 2.59. The summed E-state index contributed by atoms with van der Waals surface area (Å²) in [6, 6.07) is 2.77. The van der Waals surface area contributed by atoms with Gasteiger partial charge in [-0.3, -0.25) is 0 Å². The SMILES string of the molecule is CC(Oc1ncccc1[C@H](C)N)C(F)(F)F. The summed E-state index contributed by atoms with van der Waals surface area (Å²) in [4.78, 5) is 3.75. The summed E-state index contributed by atoms with van der Waals surface area (Å²) < 4.78 is 41.6. The van der Waals surface area contributed by atoms with Crippen LogP contribution in [-0.4, -0.2) is 17.3 Å². The zero-order valence-corrected chi connectivity index (χ0v) is 8.95. The maximum atomic E-state index is 12.3. The predicted octanol–water partition coefficient (Wildman–Crippen LogP) is 2.43. The van der Waals surface area contributed by atoms with Crippen molar-refractivity contribution >= 4 is 0 Å². The summed E-state index contributed by atoms with van der Waals surface area (Å²) in [5.74, 6) is -0.0673. The molecule has 6 heteroatoms. The van der Waals surface area contributed by atoms with Crippen molar-refractivity contribution in [3.05, 3.63) is 23.9 Å². The normalized spacial score (nSPS) is 15.6. The summed E-state index contributed by atoms with van der Waals surface area (Å²) in [6.07, 6.45) is -4.95. The van der Waals surface area contributed by atoms with Gasteiger partial charge < -0.3 is 10.5 Å². The maximum Gasteiger partial charge on any atom is 0.425 e. The smallest absolute Gasteiger partial charge is 0.425 e. The monoisotopic (exact) mass is 234 g/mol. The largest absolute Gasteiger partial charge is 0.465 e. The summed E-state index contributed by atoms with van der Waals surface area (Å²) in [5, 5.41) is 0. The minimum absolute atomic E-state index is 0.0673. The van der Waals surface area contributed by atoms with Crippen LogP contribution in [0.5, 0.6) is 5.88 Å². The van der Waals surface area contributed by atoms with Crippen LogP contribution < -0.4 is 10.5 Å². The molecule has 90 valence electrons. The molecule has 0 radical (unpaired) electrons. The van der Waals surface area contributed by atoms with Crippen molar-refractivity contribution in [3.63, 3.8) is 0 Å². The van der Waals surface area contributed by atoms with Crippen LogP contribution in [0.4, 0.5) is 13.2 Å². The van der Waals surface area contributed by atoms with Crippen molar-refractivity contribution in [3.8, 4) is 5.88 Å². The third kappa shape index (κ3) is 3.10. The zero-order valence-electron chi connectivity index (χ0n) is 8.95. The lowest BCUT2D eigenvalue weighted by atomic mass is 10.1. The first-order valence-corrected chi connectivity index (χ1v) is 4.76. The molecule has 1 aromatic rings. The van der Waals surface area contributed by atoms with Gasteiger partial charge in [-0.05, 0) is 19.9 Å². The first-order chi connectivity index (χ1) is 7.32. The van der Waals surface area contributed by atoms with E-state index in [1.165, 1.54) is 6.20 Å². The zero-order chi connectivity index (χ0) is 12.3. The number of aromatic nitrogens is 1. The number of alkyl halides is 3. The molecule has 0 saturated carbocycles. The molecule has 2 atom stereocenters. The molecule has 1 aromatic heterocycles. The lowest BCUT2D eigenvalue weighted by Gasteiger charge is -2.19. The van der Waals surface area contributed by atoms with E-state index in [2.05, 4.69) is 4.98 Å². The van der Waals surface area contributed by atoms with Gasteiger partial charge in [-0.2, -0.15) is 13.2 Å². The molecular weight excluding hydrogens is 221 g/mol. The Labute approximate surface area is 91.4 Å². The molecule has 1 heterocycles. The van der Waals surface area contributed by atoms with Crippen LogP contribution in [0.2, 0.25) is 0 Å². The average molecular weight is 234 g/mol. The van der Waals surface area contributed by atoms with E-state index in [-0.39, 0.29) is 5.88 Å². The summed E-state index contributed by atoms with van der Waals surface area (Å²) in [7, 11) is 0. The second-order valence-electron chi connectivity index (χ2n) is 3.49. The van der Waals surface area contributed by atoms with Gasteiger partial charge in [-0.15, -0.1) is 0 Å². The Kier molecular flexibility index (Phi) is 3.74. The molecule has 2 N–H and O–H groups in total. The highest BCUT2D eigenvalue weighted by atomic mass is 19.4. The number of hydrogen-bond acceptors (Lipinski definition) is 3. The van der Waals surface area contributed by atoms with E-state index >= 15 is 0 Å². The fourth-order valence-electron chi connectivity index (χ4n) is 1.08. The molecule has 0 spiro atoms. The van der Waals surface area contributed by atoms with E-state index in [9.17, 15) is 13.2 Å². The highest BCUT2D eigenvalue weighted by Gasteiger charge is 2.38. The first-order valence-electron chi connectivity index (χ1n) is 4.76. The molecule has 0 fully saturated rings. The number of pyridine rings is 1. The quantitative estimate of drug-likeness (QED) is 0.873. The van der Waals surface area contributed by atoms with Gasteiger partial charge in [0.1, 0.15) is 0 Å². The Hall–Kier alpha value is -1.30. The molecule has 16 heavy (non-hydrogen) atoms. The molecule has 0 amide bonds. The van der Waals surface area contributed by atoms with Crippen LogP contribution in [0.1, 0.15) is 25.5 Å². The van der Waals surface area contributed by atoms with Crippen LogP contribution in [0, 0.1) is 0 Å². The topological polar surface area (TPSA) is 48.1 Å². The van der Waals surface area contributed by atoms with Crippen molar-refractivity contribution < 1.29 is 17.9 Å². The number of nitrogens with zero attached hydrogens (tertiary/aromatic N) is 1. The minimum Gasteiger partial charge on any atom is -0.465 e. The highest BCUT2D eigenvalue weighted by molar-refractivity contribution is 5.28. The van der Waals surface area contributed by atoms with Crippen LogP contribution in [-0.2, 0) is 0 Å². The Morgan fingerprint density at radius 1 is 1.38 bits per heavy atom. The van der Waals surface area contributed by atoms with Crippen molar-refractivity contribution in [2.75, 3.05) is 0 Å². The van der Waals surface area contributed by atoms with Crippen molar-refractivity contribution in [2.45, 2.75) is 32.2 Å². The Balaban J connectivity index is 2.89. The number of rotatable bonds is 3. The molecule has 0 saturated heterocycles. The Bertz CT molecular complexity index is 352. The van der Waals surface area contributed by atoms with E-state index in [1.807, 2.05) is 0 Å². The van der Waals surface area contributed by atoms with Gasteiger partial charge in [-0.25, -0.2) is 4.98 Å². The van der Waals surface area contributed by atoms with E-state index in [0.29, 0.717) is 5.56 Å². The van der Waals surface area contributed by atoms with E-state index < -0.39 is 18.3 Å². The van der Waals surface area contributed by atoms with Crippen molar-refractivity contribution in [2.24, 2.45) is 5.73 Å². The number of ether oxygens (including phenoxy) is 1. The van der Waals surface area contributed by atoms with Gasteiger partial charge in [0.15, 0.2) is 6.10 Å². The van der Waals surface area contributed by atoms with Gasteiger partial charge >= 0.3 is 6.18 Å². The van der Waals surface area contributed by atoms with Crippen molar-refractivity contribution in [1.82, 2.24) is 4.98 Å². The molecule has 3 nitrogen and oxygen atoms in total. The first kappa shape index (κ1) is 12.8. The molecule has 0 aliphatic carbocycles. The van der Waals surface area contributed by atoms with Gasteiger partial charge in [0.25, 0.3) is 0 Å². The molecule has 1 rings (SSSR count). The molecule has 1 unspecified atom stereocenters. The van der Waals surface area contributed by atoms with Gasteiger partial charge in [0, 0.05) is 17.8 Å². The second kappa shape index (κ2) is 4.69. The minimum atomic E-state index is -4.41. The third-order valence-electron chi connectivity index (χ3n) is 2.04. The van der Waals surface area contributed by atoms with Gasteiger partial charge in [0.2, 0.25) is 5.88 Å². The maximum absolute atomic E-state index is 12.3. The summed E-state index contributed by atoms with van der Waals surface area (Å²) >= 11 is 0. The van der Waals surface area contributed by atoms with Crippen LogP contribution in [0.15, 0.2) is 18.3 Å². The molecule has 0 aliphatic heterocycles. The number of nitrogens with two attached hydrogens (primary N) is 1. The predicted molar refractivity (Wildman–Crippen MR) is 53.0 cm³/mol. The third-order valence-corrected chi connectivity index (χ3v) is 2.04. The fourth-order valence-corrected chi connectivity index (χ4v) is 1.08. The molecule has 0 bridgehead atoms. The standard InChI is InChI=1S/C10H13F3N2O/c1-6(14)8-4-3-5-15-9(8)16-7(2)10(11,12)13/h3-7H,14H2,1-2H3/t6-,7?/m0/s1. The lowest BCUT2D eigenvalue weighted by Crippen LogP contribution is -2.32. The lowest BCUT2D eigenvalue weighted by molar-refractivity contribution is -0.190. The van der Waals surface area contributed by atoms with Gasteiger partial charge in [-0.1, -0.05) is 6.07 Å². The van der Waals surface area contributed by atoms with E-state index in [0.717, 1.165) is 6.92 Å². The van der Waals surface area contributed by atoms with E-state index in [1.54, 1.807) is 19.1 Å². The van der Waals surface area contributed by atoms with Crippen LogP contribution in [0.3, 0.4) is 0 Å². The number of hydrogen-bond donors (Lipinski definition) is 1. The van der Waals surface area contributed by atoms with Crippen molar-refractivity contribution in [1.29, 1.82) is 0 Å². The molecular formula is C10H13F3N2O. The second-order valence-corrected chi connectivity index (χ2v) is 3.49. The highest BCUT2D eigenvalue weighted by Crippen LogP contribution is 2.27. The molecule has 0 aliphatic rings. The molecule has 0 aromatic carbocycles. The van der Waals surface area contributed by atoms with Crippen LogP contribution in [0.25, 0.3) is 0 Å². The Morgan fingerprint density at radius 2 is 2.00 bits per heavy atom. The average Bonchev–Trinajstić information content (AvgIpc) is 2.16. The van der Waals surface area contributed by atoms with E-state index in [4.69, 9.17) is 10.5 Å². The van der Waals surface area contributed by atoms with Crippen LogP contribution >= 0.6 is 0 Å². The fraction of sp³-hybridized carbons (Fsp3) is 0.500. The number of halogens is 3.